The second-order valence-corrected chi connectivity index (χ2v) is 10.5. The predicted octanol–water partition coefficient (Wildman–Crippen LogP) is 4.82. The Morgan fingerprint density at radius 3 is 2.37 bits per heavy atom. The smallest absolute Gasteiger partial charge is 0.404 e. The number of hydrogen-bond acceptors (Lipinski definition) is 6. The van der Waals surface area contributed by atoms with Gasteiger partial charge in [-0.3, -0.25) is 14.5 Å². The van der Waals surface area contributed by atoms with Gasteiger partial charge in [0.2, 0.25) is 0 Å². The number of anilines is 2. The lowest BCUT2D eigenvalue weighted by molar-refractivity contribution is -0.177. The van der Waals surface area contributed by atoms with E-state index in [0.717, 1.165) is 30.4 Å². The maximum atomic E-state index is 13.5. The Kier molecular flexibility index (Phi) is 7.56. The highest BCUT2D eigenvalue weighted by atomic mass is 19.4. The molecule has 2 N–H and O–H groups in total. The number of aliphatic carboxylic acids is 1. The van der Waals surface area contributed by atoms with E-state index in [-0.39, 0.29) is 24.6 Å². The number of piperidine rings is 1. The number of likely N-dealkylation sites (tertiary alicyclic amines) is 1. The van der Waals surface area contributed by atoms with Gasteiger partial charge in [0, 0.05) is 25.3 Å². The molecule has 5 rings (SSSR count). The molecule has 0 unspecified atom stereocenters. The number of amides is 1. The van der Waals surface area contributed by atoms with Crippen molar-refractivity contribution in [2.24, 2.45) is 5.92 Å². The molecule has 204 valence electrons. The van der Waals surface area contributed by atoms with E-state index in [9.17, 15) is 22.8 Å². The van der Waals surface area contributed by atoms with Crippen molar-refractivity contribution >= 4 is 23.4 Å². The van der Waals surface area contributed by atoms with Crippen molar-refractivity contribution in [3.63, 3.8) is 0 Å². The fourth-order valence-electron chi connectivity index (χ4n) is 5.70. The third-order valence-corrected chi connectivity index (χ3v) is 8.10. The van der Waals surface area contributed by atoms with Crippen LogP contribution in [0, 0.1) is 5.92 Å². The van der Waals surface area contributed by atoms with Gasteiger partial charge in [-0.1, -0.05) is 12.5 Å². The molecule has 2 aliphatic heterocycles. The fourth-order valence-corrected chi connectivity index (χ4v) is 5.70. The average molecular weight is 532 g/mol. The van der Waals surface area contributed by atoms with Crippen LogP contribution < -0.4 is 10.2 Å². The van der Waals surface area contributed by atoms with Crippen molar-refractivity contribution in [3.05, 3.63) is 47.4 Å². The van der Waals surface area contributed by atoms with Gasteiger partial charge in [-0.25, -0.2) is 9.97 Å². The zero-order chi connectivity index (χ0) is 26.9. The molecule has 3 aliphatic rings. The van der Waals surface area contributed by atoms with Gasteiger partial charge in [-0.05, 0) is 74.2 Å². The number of carbonyl (C=O) groups excluding carboxylic acids is 1. The number of carboxylic acid groups (broad SMARTS) is 1. The molecule has 0 spiro atoms. The Balaban J connectivity index is 1.27. The van der Waals surface area contributed by atoms with Crippen LogP contribution in [0.25, 0.3) is 0 Å². The Bertz CT molecular complexity index is 1160. The number of carbonyl (C=O) groups is 2. The number of nitrogens with zero attached hydrogens (tertiary/aromatic N) is 4. The number of benzene rings is 1. The van der Waals surface area contributed by atoms with Crippen LogP contribution in [-0.4, -0.2) is 63.7 Å². The molecule has 1 aromatic carbocycles. The molecule has 11 heteroatoms. The number of nitrogens with one attached hydrogen (secondary N) is 1. The van der Waals surface area contributed by atoms with E-state index in [0.29, 0.717) is 56.3 Å². The standard InChI is InChI=1S/C27H32F3N5O3/c28-27(29,30)23-5-2-10-35(23)16-19-13-20(6-7-21(19)17-3-1-4-17)33-25(36)22-14-32-24(15-31-22)34-11-8-18(9-12-34)26(37)38/h6-7,13-15,17-18,23H,1-5,8-12,16H2,(H,33,36)(H,37,38)/t23-/m0/s1. The fraction of sp³-hybridized carbons (Fsp3) is 0.556. The predicted molar refractivity (Wildman–Crippen MR) is 135 cm³/mol. The summed E-state index contributed by atoms with van der Waals surface area (Å²) < 4.78 is 40.6. The summed E-state index contributed by atoms with van der Waals surface area (Å²) in [6, 6.07) is 4.10. The molecule has 0 bridgehead atoms. The summed E-state index contributed by atoms with van der Waals surface area (Å²) in [4.78, 5) is 36.1. The van der Waals surface area contributed by atoms with Crippen LogP contribution in [0.5, 0.6) is 0 Å². The van der Waals surface area contributed by atoms with Gasteiger partial charge in [0.05, 0.1) is 18.3 Å². The molecular weight excluding hydrogens is 499 g/mol. The Morgan fingerprint density at radius 2 is 1.76 bits per heavy atom. The Labute approximate surface area is 219 Å². The largest absolute Gasteiger partial charge is 0.481 e. The molecule has 3 fully saturated rings. The first kappa shape index (κ1) is 26.4. The van der Waals surface area contributed by atoms with E-state index in [1.165, 1.54) is 17.3 Å². The molecule has 2 saturated heterocycles. The monoisotopic (exact) mass is 531 g/mol. The van der Waals surface area contributed by atoms with Crippen LogP contribution in [0.1, 0.15) is 72.5 Å². The number of hydrogen-bond donors (Lipinski definition) is 2. The van der Waals surface area contributed by atoms with E-state index in [1.807, 2.05) is 11.0 Å². The highest BCUT2D eigenvalue weighted by molar-refractivity contribution is 6.02. The second kappa shape index (κ2) is 10.9. The van der Waals surface area contributed by atoms with Crippen molar-refractivity contribution < 1.29 is 27.9 Å². The van der Waals surface area contributed by atoms with E-state index in [1.54, 1.807) is 12.1 Å². The number of carboxylic acids is 1. The topological polar surface area (TPSA) is 98.7 Å². The summed E-state index contributed by atoms with van der Waals surface area (Å²) in [5.74, 6) is -0.657. The summed E-state index contributed by atoms with van der Waals surface area (Å²) in [5.41, 5.74) is 2.53. The van der Waals surface area contributed by atoms with E-state index in [4.69, 9.17) is 5.11 Å². The molecule has 2 aromatic rings. The van der Waals surface area contributed by atoms with Crippen LogP contribution in [0.4, 0.5) is 24.7 Å². The van der Waals surface area contributed by atoms with Crippen molar-refractivity contribution in [2.45, 2.75) is 69.6 Å². The van der Waals surface area contributed by atoms with Gasteiger partial charge in [0.25, 0.3) is 5.91 Å². The van der Waals surface area contributed by atoms with Crippen molar-refractivity contribution in [1.82, 2.24) is 14.9 Å². The summed E-state index contributed by atoms with van der Waals surface area (Å²) >= 11 is 0. The van der Waals surface area contributed by atoms with E-state index in [2.05, 4.69) is 15.3 Å². The molecule has 1 amide bonds. The van der Waals surface area contributed by atoms with Gasteiger partial charge in [-0.15, -0.1) is 0 Å². The Morgan fingerprint density at radius 1 is 1.00 bits per heavy atom. The van der Waals surface area contributed by atoms with Crippen LogP contribution in [0.3, 0.4) is 0 Å². The van der Waals surface area contributed by atoms with Crippen LogP contribution in [0.15, 0.2) is 30.6 Å². The second-order valence-electron chi connectivity index (χ2n) is 10.5. The molecule has 1 aliphatic carbocycles. The molecular formula is C27H32F3N5O3. The van der Waals surface area contributed by atoms with Crippen molar-refractivity contribution in [1.29, 1.82) is 0 Å². The Hall–Kier alpha value is -3.21. The lowest BCUT2D eigenvalue weighted by atomic mass is 9.78. The normalized spacial score (nSPS) is 21.3. The maximum absolute atomic E-state index is 13.5. The number of aromatic nitrogens is 2. The van der Waals surface area contributed by atoms with Gasteiger partial charge in [0.15, 0.2) is 0 Å². The number of rotatable bonds is 7. The van der Waals surface area contributed by atoms with Crippen LogP contribution in [-0.2, 0) is 11.3 Å². The third kappa shape index (κ3) is 5.77. The van der Waals surface area contributed by atoms with Crippen LogP contribution in [0.2, 0.25) is 0 Å². The molecule has 3 heterocycles. The van der Waals surface area contributed by atoms with Gasteiger partial charge in [0.1, 0.15) is 17.6 Å². The SMILES string of the molecule is O=C(Nc1ccc(C2CCC2)c(CN2CCC[C@H]2C(F)(F)F)c1)c1cnc(N2CCC(C(=O)O)CC2)cn1. The minimum atomic E-state index is -4.25. The summed E-state index contributed by atoms with van der Waals surface area (Å²) in [7, 11) is 0. The first-order chi connectivity index (χ1) is 18.2. The van der Waals surface area contributed by atoms with Crippen LogP contribution >= 0.6 is 0 Å². The summed E-state index contributed by atoms with van der Waals surface area (Å²) in [5, 5.41) is 12.0. The zero-order valence-corrected chi connectivity index (χ0v) is 21.1. The van der Waals surface area contributed by atoms with Gasteiger partial charge < -0.3 is 15.3 Å². The summed E-state index contributed by atoms with van der Waals surface area (Å²) in [6.07, 6.45) is 3.49. The van der Waals surface area contributed by atoms with Gasteiger partial charge in [-0.2, -0.15) is 13.2 Å². The quantitative estimate of drug-likeness (QED) is 0.528. The molecule has 1 atom stereocenters. The lowest BCUT2D eigenvalue weighted by Gasteiger charge is -2.31. The zero-order valence-electron chi connectivity index (χ0n) is 21.1. The number of alkyl halides is 3. The minimum Gasteiger partial charge on any atom is -0.481 e. The molecule has 1 saturated carbocycles. The first-order valence-electron chi connectivity index (χ1n) is 13.2. The highest BCUT2D eigenvalue weighted by Crippen LogP contribution is 2.40. The average Bonchev–Trinajstić information content (AvgIpc) is 3.33. The van der Waals surface area contributed by atoms with Gasteiger partial charge >= 0.3 is 12.1 Å². The third-order valence-electron chi connectivity index (χ3n) is 8.10. The lowest BCUT2D eigenvalue weighted by Crippen LogP contribution is -2.40. The van der Waals surface area contributed by atoms with Crippen molar-refractivity contribution in [2.75, 3.05) is 29.9 Å². The molecule has 8 nitrogen and oxygen atoms in total. The highest BCUT2D eigenvalue weighted by Gasteiger charge is 2.45. The maximum Gasteiger partial charge on any atom is 0.404 e. The molecule has 1 aromatic heterocycles. The summed E-state index contributed by atoms with van der Waals surface area (Å²) in [6.45, 7) is 1.71. The van der Waals surface area contributed by atoms with Crippen molar-refractivity contribution in [3.8, 4) is 0 Å². The van der Waals surface area contributed by atoms with E-state index < -0.39 is 24.1 Å². The number of halogens is 3. The minimum absolute atomic E-state index is 0.116. The van der Waals surface area contributed by atoms with E-state index >= 15 is 0 Å². The first-order valence-corrected chi connectivity index (χ1v) is 13.2. The molecule has 0 radical (unpaired) electrons. The molecule has 38 heavy (non-hydrogen) atoms.